The minimum absolute atomic E-state index is 0.0954. The first kappa shape index (κ1) is 26.6. The Kier molecular flexibility index (Phi) is 13.4. The predicted molar refractivity (Wildman–Crippen MR) is 136 cm³/mol. The van der Waals surface area contributed by atoms with Crippen LogP contribution in [0.3, 0.4) is 0 Å². The Bertz CT molecular complexity index is 680. The van der Waals surface area contributed by atoms with Gasteiger partial charge in [0, 0.05) is 12.5 Å². The number of ether oxygens (including phenoxy) is 1. The molecule has 1 aliphatic carbocycles. The van der Waals surface area contributed by atoms with Crippen molar-refractivity contribution in [1.29, 1.82) is 0 Å². The maximum absolute atomic E-state index is 12.2. The molecule has 0 aliphatic heterocycles. The smallest absolute Gasteiger partial charge is 0.311 e. The molecule has 2 rings (SSSR count). The van der Waals surface area contributed by atoms with Crippen LogP contribution >= 0.6 is 0 Å². The third-order valence-corrected chi connectivity index (χ3v) is 6.66. The largest absolute Gasteiger partial charge is 0.427 e. The Morgan fingerprint density at radius 2 is 1.56 bits per heavy atom. The minimum Gasteiger partial charge on any atom is -0.427 e. The second-order valence-corrected chi connectivity index (χ2v) is 9.69. The summed E-state index contributed by atoms with van der Waals surface area (Å²) in [5.41, 5.74) is 2.71. The number of hydrogen-bond acceptors (Lipinski definition) is 3. The first-order valence-electron chi connectivity index (χ1n) is 13.3. The van der Waals surface area contributed by atoms with Crippen LogP contribution in [0.5, 0.6) is 5.75 Å². The van der Waals surface area contributed by atoms with Gasteiger partial charge in [0.1, 0.15) is 5.75 Å². The normalized spacial score (nSPS) is 15.6. The summed E-state index contributed by atoms with van der Waals surface area (Å²) in [5.74, 6) is 0.609. The molecule has 0 saturated heterocycles. The number of fused-ring (bicyclic) bond motifs is 1. The molecule has 3 nitrogen and oxygen atoms in total. The molecule has 1 atom stereocenters. The first-order valence-corrected chi connectivity index (χ1v) is 13.3. The molecule has 32 heavy (non-hydrogen) atoms. The molecule has 0 heterocycles. The van der Waals surface area contributed by atoms with Crippen LogP contribution in [-0.4, -0.2) is 25.0 Å². The van der Waals surface area contributed by atoms with Crippen molar-refractivity contribution in [3.63, 3.8) is 0 Å². The van der Waals surface area contributed by atoms with Crippen LogP contribution in [0.25, 0.3) is 0 Å². The van der Waals surface area contributed by atoms with Crippen molar-refractivity contribution in [3.8, 4) is 5.75 Å². The van der Waals surface area contributed by atoms with E-state index < -0.39 is 0 Å². The van der Waals surface area contributed by atoms with Gasteiger partial charge in [0.25, 0.3) is 0 Å². The van der Waals surface area contributed by atoms with Crippen molar-refractivity contribution < 1.29 is 9.53 Å². The lowest BCUT2D eigenvalue weighted by molar-refractivity contribution is -0.134. The minimum atomic E-state index is -0.0954. The number of benzene rings is 1. The SMILES string of the molecule is CCCCCCCCC=CCCCCCCCC(=O)Oc1ccc2c(c1)C(N(C)C)CC2. The molecular weight excluding hydrogens is 394 g/mol. The highest BCUT2D eigenvalue weighted by atomic mass is 16.5. The summed E-state index contributed by atoms with van der Waals surface area (Å²) in [5, 5.41) is 0. The summed E-state index contributed by atoms with van der Waals surface area (Å²) < 4.78 is 5.62. The number of rotatable bonds is 17. The van der Waals surface area contributed by atoms with Gasteiger partial charge in [0.15, 0.2) is 0 Å². The van der Waals surface area contributed by atoms with E-state index in [1.54, 1.807) is 0 Å². The number of carbonyl (C=O) groups excluding carboxylic acids is 1. The van der Waals surface area contributed by atoms with Gasteiger partial charge >= 0.3 is 5.97 Å². The van der Waals surface area contributed by atoms with Gasteiger partial charge in [-0.2, -0.15) is 0 Å². The van der Waals surface area contributed by atoms with E-state index in [4.69, 9.17) is 4.74 Å². The standard InChI is InChI=1S/C29H47NO2/c1-4-5-6-7-8-9-10-11-12-13-14-15-16-17-18-19-29(31)32-26-22-20-25-21-23-28(30(2)3)27(25)24-26/h11-12,20,22,24,28H,4-10,13-19,21,23H2,1-3H3. The fourth-order valence-electron chi connectivity index (χ4n) is 4.68. The lowest BCUT2D eigenvalue weighted by atomic mass is 10.1. The van der Waals surface area contributed by atoms with Crippen LogP contribution in [-0.2, 0) is 11.2 Å². The van der Waals surface area contributed by atoms with Gasteiger partial charge in [0.2, 0.25) is 0 Å². The summed E-state index contributed by atoms with van der Waals surface area (Å²) >= 11 is 0. The van der Waals surface area contributed by atoms with Gasteiger partial charge in [-0.1, -0.05) is 76.5 Å². The predicted octanol–water partition coefficient (Wildman–Crippen LogP) is 8.18. The van der Waals surface area contributed by atoms with E-state index in [9.17, 15) is 4.79 Å². The number of unbranched alkanes of at least 4 members (excludes halogenated alkanes) is 11. The molecule has 1 aromatic rings. The Labute approximate surface area is 197 Å². The van der Waals surface area contributed by atoms with Crippen LogP contribution in [0.1, 0.15) is 120 Å². The summed E-state index contributed by atoms with van der Waals surface area (Å²) in [6.45, 7) is 2.27. The van der Waals surface area contributed by atoms with E-state index in [1.165, 1.54) is 81.8 Å². The second-order valence-electron chi connectivity index (χ2n) is 9.69. The average molecular weight is 442 g/mol. The van der Waals surface area contributed by atoms with Crippen molar-refractivity contribution in [2.45, 2.75) is 116 Å². The zero-order chi connectivity index (χ0) is 23.0. The highest BCUT2D eigenvalue weighted by molar-refractivity contribution is 5.72. The Morgan fingerprint density at radius 1 is 0.938 bits per heavy atom. The van der Waals surface area contributed by atoms with Crippen molar-refractivity contribution in [2.24, 2.45) is 0 Å². The molecule has 1 aromatic carbocycles. The highest BCUT2D eigenvalue weighted by Gasteiger charge is 2.24. The maximum atomic E-state index is 12.2. The molecule has 1 aliphatic rings. The lowest BCUT2D eigenvalue weighted by Crippen LogP contribution is -2.17. The molecule has 0 saturated carbocycles. The molecule has 1 unspecified atom stereocenters. The van der Waals surface area contributed by atoms with E-state index in [1.807, 2.05) is 6.07 Å². The van der Waals surface area contributed by atoms with Crippen LogP contribution in [0.2, 0.25) is 0 Å². The fourth-order valence-corrected chi connectivity index (χ4v) is 4.68. The first-order chi connectivity index (χ1) is 15.6. The molecule has 0 radical (unpaired) electrons. The third kappa shape index (κ3) is 10.3. The van der Waals surface area contributed by atoms with Crippen LogP contribution in [0.4, 0.5) is 0 Å². The molecule has 3 heteroatoms. The number of hydrogen-bond donors (Lipinski definition) is 0. The van der Waals surface area contributed by atoms with Crippen molar-refractivity contribution in [2.75, 3.05) is 14.1 Å². The number of nitrogens with zero attached hydrogens (tertiary/aromatic N) is 1. The monoisotopic (exact) mass is 441 g/mol. The van der Waals surface area contributed by atoms with Crippen molar-refractivity contribution in [3.05, 3.63) is 41.5 Å². The maximum Gasteiger partial charge on any atom is 0.311 e. The van der Waals surface area contributed by atoms with Crippen LogP contribution < -0.4 is 4.74 Å². The van der Waals surface area contributed by atoms with E-state index >= 15 is 0 Å². The van der Waals surface area contributed by atoms with E-state index in [2.05, 4.69) is 50.2 Å². The van der Waals surface area contributed by atoms with E-state index in [-0.39, 0.29) is 5.97 Å². The summed E-state index contributed by atoms with van der Waals surface area (Å²) in [6, 6.07) is 6.59. The summed E-state index contributed by atoms with van der Waals surface area (Å²) in [6.07, 6.45) is 24.0. The van der Waals surface area contributed by atoms with Crippen molar-refractivity contribution >= 4 is 5.97 Å². The molecule has 0 fully saturated rings. The van der Waals surface area contributed by atoms with E-state index in [0.29, 0.717) is 18.2 Å². The molecule has 0 spiro atoms. The topological polar surface area (TPSA) is 29.5 Å². The molecule has 0 amide bonds. The quantitative estimate of drug-likeness (QED) is 0.106. The number of aryl methyl sites for hydroxylation is 1. The highest BCUT2D eigenvalue weighted by Crippen LogP contribution is 2.36. The Morgan fingerprint density at radius 3 is 2.22 bits per heavy atom. The number of esters is 1. The zero-order valence-corrected chi connectivity index (χ0v) is 21.0. The number of allylic oxidation sites excluding steroid dienone is 2. The Hall–Kier alpha value is -1.61. The second kappa shape index (κ2) is 16.1. The van der Waals surface area contributed by atoms with Gasteiger partial charge in [-0.15, -0.1) is 0 Å². The Balaban J connectivity index is 1.47. The lowest BCUT2D eigenvalue weighted by Gasteiger charge is -2.20. The van der Waals surface area contributed by atoms with Crippen LogP contribution in [0, 0.1) is 0 Å². The molecule has 180 valence electrons. The van der Waals surface area contributed by atoms with Gasteiger partial charge in [-0.25, -0.2) is 0 Å². The van der Waals surface area contributed by atoms with Gasteiger partial charge in [-0.05, 0) is 82.3 Å². The van der Waals surface area contributed by atoms with Gasteiger partial charge < -0.3 is 9.64 Å². The van der Waals surface area contributed by atoms with Crippen LogP contribution in [0.15, 0.2) is 30.4 Å². The van der Waals surface area contributed by atoms with Gasteiger partial charge in [-0.3, -0.25) is 4.79 Å². The van der Waals surface area contributed by atoms with Gasteiger partial charge in [0.05, 0.1) is 0 Å². The zero-order valence-electron chi connectivity index (χ0n) is 21.0. The van der Waals surface area contributed by atoms with Crippen molar-refractivity contribution in [1.82, 2.24) is 4.90 Å². The molecule has 0 bridgehead atoms. The molecule has 0 N–H and O–H groups in total. The van der Waals surface area contributed by atoms with E-state index in [0.717, 1.165) is 25.7 Å². The molecule has 0 aromatic heterocycles. The average Bonchev–Trinajstić information content (AvgIpc) is 3.20. The summed E-state index contributed by atoms with van der Waals surface area (Å²) in [7, 11) is 4.23. The molecular formula is C29H47NO2. The third-order valence-electron chi connectivity index (χ3n) is 6.66. The number of carbonyl (C=O) groups is 1. The summed E-state index contributed by atoms with van der Waals surface area (Å²) in [4.78, 5) is 14.5. The fraction of sp³-hybridized carbons (Fsp3) is 0.690.